The summed E-state index contributed by atoms with van der Waals surface area (Å²) in [6.45, 7) is 0. The molecule has 4 bridgehead atoms. The maximum Gasteiger partial charge on any atom is 0.238 e. The van der Waals surface area contributed by atoms with Crippen LogP contribution in [0.15, 0.2) is 279 Å². The van der Waals surface area contributed by atoms with Crippen LogP contribution in [0, 0.1) is 23.7 Å². The van der Waals surface area contributed by atoms with Gasteiger partial charge in [0.05, 0.1) is 11.4 Å². The number of nitrogens with zero attached hydrogens (tertiary/aromatic N) is 4. The molecule has 4 nitrogen and oxygen atoms in total. The summed E-state index contributed by atoms with van der Waals surface area (Å²) in [5, 5.41) is 9.33. The van der Waals surface area contributed by atoms with Gasteiger partial charge in [-0.1, -0.05) is 267 Å². The van der Waals surface area contributed by atoms with Crippen LogP contribution < -0.4 is 41.2 Å². The summed E-state index contributed by atoms with van der Waals surface area (Å²) in [6, 6.07) is 105. The minimum atomic E-state index is -3.08. The zero-order chi connectivity index (χ0) is 53.8. The van der Waals surface area contributed by atoms with E-state index in [9.17, 15) is 0 Å². The average Bonchev–Trinajstić information content (AvgIpc) is 2.60. The lowest BCUT2D eigenvalue weighted by molar-refractivity contribution is -0.0419. The number of anilines is 3. The minimum absolute atomic E-state index is 0.0553. The van der Waals surface area contributed by atoms with Crippen LogP contribution in [0.5, 0.6) is 0 Å². The van der Waals surface area contributed by atoms with Crippen LogP contribution in [0.25, 0.3) is 11.4 Å². The number of fused-ring (bicyclic) bond motifs is 2. The Labute approximate surface area is 479 Å². The van der Waals surface area contributed by atoms with Crippen molar-refractivity contribution >= 4 is 69.8 Å². The lowest BCUT2D eigenvalue weighted by atomic mass is 9.41. The fourth-order valence-electron chi connectivity index (χ4n) is 16.4. The van der Waals surface area contributed by atoms with Crippen LogP contribution in [0.4, 0.5) is 17.3 Å². The van der Waals surface area contributed by atoms with E-state index < -0.39 is 16.1 Å². The molecule has 1 spiro atoms. The normalized spacial score (nSPS) is 18.5. The predicted molar refractivity (Wildman–Crippen MR) is 338 cm³/mol. The molecule has 0 N–H and O–H groups in total. The van der Waals surface area contributed by atoms with E-state index in [0.29, 0.717) is 30.0 Å². The number of hydrogen-bond acceptors (Lipinski definition) is 4. The first-order chi connectivity index (χ1) is 40.1. The van der Waals surface area contributed by atoms with Crippen molar-refractivity contribution in [3.8, 4) is 11.4 Å². The Morgan fingerprint density at radius 3 is 1.25 bits per heavy atom. The van der Waals surface area contributed by atoms with E-state index >= 15 is 0 Å². The summed E-state index contributed by atoms with van der Waals surface area (Å²) >= 11 is 0. The molecule has 5 aliphatic rings. The standard InChI is InChI=1S/C75H64N4Si2/c1-7-29-60(30-8-1)80(61-31-9-2-10-32-61,62-33-11-3-12-34-62)53-57-28-20-19-27-56(57)52-72-76-73(66-41-21-26-46-71(66)81(63-35-13-4-14-36-63,64-37-15-5-16-38-64)65-39-17-6-18-40-65)78-74(77-72)79-69-44-24-22-42-67(69)75(68-43-23-25-45-70(68)79)58-48-54-47-55(50-58)51-59(75)49-54/h1-46,54-55,58-59H,47-53H2. The van der Waals surface area contributed by atoms with Gasteiger partial charge in [0.1, 0.15) is 5.82 Å². The van der Waals surface area contributed by atoms with Crippen molar-refractivity contribution in [1.82, 2.24) is 15.0 Å². The molecule has 4 fully saturated rings. The molecule has 0 unspecified atom stereocenters. The topological polar surface area (TPSA) is 41.9 Å². The molecule has 6 heteroatoms. The molecule has 1 aromatic heterocycles. The summed E-state index contributed by atoms with van der Waals surface area (Å²) in [6.07, 6.45) is 7.18. The molecule has 4 saturated carbocycles. The molecular formula is C75H64N4Si2. The molecule has 392 valence electrons. The number of hydrogen-bond donors (Lipinski definition) is 0. The first kappa shape index (κ1) is 49.5. The second-order valence-corrected chi connectivity index (χ2v) is 31.1. The third kappa shape index (κ3) is 8.08. The van der Waals surface area contributed by atoms with Gasteiger partial charge in [0.2, 0.25) is 5.95 Å². The van der Waals surface area contributed by atoms with Gasteiger partial charge in [0, 0.05) is 17.4 Å². The molecule has 4 aliphatic carbocycles. The molecule has 0 atom stereocenters. The lowest BCUT2D eigenvalue weighted by Crippen LogP contribution is -2.75. The number of rotatable bonds is 13. The maximum atomic E-state index is 5.88. The van der Waals surface area contributed by atoms with Crippen molar-refractivity contribution in [3.63, 3.8) is 0 Å². The van der Waals surface area contributed by atoms with E-state index in [2.05, 4.69) is 284 Å². The smallest absolute Gasteiger partial charge is 0.238 e. The summed E-state index contributed by atoms with van der Waals surface area (Å²) in [7, 11) is -5.78. The molecule has 2 heterocycles. The van der Waals surface area contributed by atoms with Gasteiger partial charge in [-0.25, -0.2) is 4.98 Å². The fourth-order valence-corrected chi connectivity index (χ4v) is 26.2. The highest BCUT2D eigenvalue weighted by atomic mass is 28.3. The number of benzene rings is 10. The molecule has 16 rings (SSSR count). The number of para-hydroxylation sites is 2. The van der Waals surface area contributed by atoms with Crippen LogP contribution in [0.1, 0.15) is 60.2 Å². The van der Waals surface area contributed by atoms with Gasteiger partial charge in [-0.3, -0.25) is 4.90 Å². The van der Waals surface area contributed by atoms with Gasteiger partial charge in [-0.15, -0.1) is 0 Å². The first-order valence-electron chi connectivity index (χ1n) is 29.4. The monoisotopic (exact) mass is 1080 g/mol. The Bertz CT molecular complexity index is 3760. The van der Waals surface area contributed by atoms with Crippen molar-refractivity contribution in [1.29, 1.82) is 0 Å². The number of aromatic nitrogens is 3. The van der Waals surface area contributed by atoms with Gasteiger partial charge in [-0.05, 0) is 133 Å². The van der Waals surface area contributed by atoms with E-state index in [4.69, 9.17) is 15.0 Å². The summed E-state index contributed by atoms with van der Waals surface area (Å²) in [5.74, 6) is 4.99. The fraction of sp³-hybridized carbons (Fsp3) is 0.160. The molecule has 0 saturated heterocycles. The van der Waals surface area contributed by atoms with Crippen LogP contribution in [0.3, 0.4) is 0 Å². The summed E-state index contributed by atoms with van der Waals surface area (Å²) < 4.78 is 0. The van der Waals surface area contributed by atoms with Crippen LogP contribution >= 0.6 is 0 Å². The van der Waals surface area contributed by atoms with Crippen molar-refractivity contribution in [2.75, 3.05) is 4.90 Å². The van der Waals surface area contributed by atoms with Gasteiger partial charge in [0.25, 0.3) is 0 Å². The van der Waals surface area contributed by atoms with Crippen LogP contribution in [-0.4, -0.2) is 31.1 Å². The quantitative estimate of drug-likeness (QED) is 0.0852. The molecule has 10 aromatic carbocycles. The van der Waals surface area contributed by atoms with E-state index in [0.717, 1.165) is 29.3 Å². The summed E-state index contributed by atoms with van der Waals surface area (Å²) in [4.78, 5) is 19.9. The first-order valence-corrected chi connectivity index (χ1v) is 33.6. The second kappa shape index (κ2) is 20.5. The maximum absolute atomic E-state index is 5.88. The largest absolute Gasteiger partial charge is 0.278 e. The zero-order valence-electron chi connectivity index (χ0n) is 45.6. The SMILES string of the molecule is c1ccc([Si](Cc2ccccc2Cc2nc(-c3ccccc3[Si](c3ccccc3)(c3ccccc3)c3ccccc3)nc(N3c4ccccc4C4(c5ccccc53)C3CC5CC(C3)CC4C5)n2)(c2ccccc2)c2ccccc2)cc1. The van der Waals surface area contributed by atoms with Crippen molar-refractivity contribution in [2.45, 2.75) is 50.0 Å². The van der Waals surface area contributed by atoms with Crippen molar-refractivity contribution < 1.29 is 0 Å². The molecular weight excluding hydrogens is 1010 g/mol. The van der Waals surface area contributed by atoms with Crippen LogP contribution in [0.2, 0.25) is 0 Å². The highest BCUT2D eigenvalue weighted by Gasteiger charge is 2.61. The highest BCUT2D eigenvalue weighted by molar-refractivity contribution is 7.20. The third-order valence-electron chi connectivity index (χ3n) is 19.4. The lowest BCUT2D eigenvalue weighted by Gasteiger charge is -2.64. The Morgan fingerprint density at radius 2 is 0.765 bits per heavy atom. The van der Waals surface area contributed by atoms with E-state index in [1.54, 1.807) is 0 Å². The Kier molecular flexibility index (Phi) is 12.5. The van der Waals surface area contributed by atoms with Crippen molar-refractivity contribution in [3.05, 3.63) is 307 Å². The minimum Gasteiger partial charge on any atom is -0.278 e. The van der Waals surface area contributed by atoms with E-state index in [1.165, 1.54) is 102 Å². The molecule has 81 heavy (non-hydrogen) atoms. The van der Waals surface area contributed by atoms with Gasteiger partial charge in [-0.2, -0.15) is 9.97 Å². The van der Waals surface area contributed by atoms with Gasteiger partial charge < -0.3 is 0 Å². The molecule has 11 aromatic rings. The average molecular weight is 1080 g/mol. The van der Waals surface area contributed by atoms with Gasteiger partial charge >= 0.3 is 0 Å². The van der Waals surface area contributed by atoms with Gasteiger partial charge in [0.15, 0.2) is 22.0 Å². The molecule has 0 amide bonds. The highest BCUT2D eigenvalue weighted by Crippen LogP contribution is 2.69. The Balaban J connectivity index is 0.961. The Hall–Kier alpha value is -8.56. The zero-order valence-corrected chi connectivity index (χ0v) is 47.6. The van der Waals surface area contributed by atoms with E-state index in [-0.39, 0.29) is 5.41 Å². The van der Waals surface area contributed by atoms with Crippen molar-refractivity contribution in [2.24, 2.45) is 23.7 Å². The van der Waals surface area contributed by atoms with E-state index in [1.807, 2.05) is 0 Å². The second-order valence-electron chi connectivity index (χ2n) is 23.4. The Morgan fingerprint density at radius 1 is 0.370 bits per heavy atom. The third-order valence-corrected chi connectivity index (χ3v) is 29.1. The summed E-state index contributed by atoms with van der Waals surface area (Å²) in [5.41, 5.74) is 8.79. The molecule has 1 aliphatic heterocycles. The molecule has 0 radical (unpaired) electrons. The van der Waals surface area contributed by atoms with Crippen LogP contribution in [-0.2, 0) is 17.9 Å². The predicted octanol–water partition coefficient (Wildman–Crippen LogP) is 12.3.